The fourth-order valence-electron chi connectivity index (χ4n) is 3.81. The van der Waals surface area contributed by atoms with Crippen LogP contribution in [0.15, 0.2) is 48.5 Å². The zero-order valence-corrected chi connectivity index (χ0v) is 16.1. The van der Waals surface area contributed by atoms with Gasteiger partial charge in [0.2, 0.25) is 0 Å². The Hall–Kier alpha value is -1.35. The zero-order chi connectivity index (χ0) is 18.0. The van der Waals surface area contributed by atoms with Crippen molar-refractivity contribution in [1.29, 1.82) is 0 Å². The highest BCUT2D eigenvalue weighted by Crippen LogP contribution is 2.31. The van der Waals surface area contributed by atoms with E-state index in [-0.39, 0.29) is 17.7 Å². The molecule has 134 valence electrons. The van der Waals surface area contributed by atoms with Crippen molar-refractivity contribution in [3.8, 4) is 11.1 Å². The van der Waals surface area contributed by atoms with Gasteiger partial charge < -0.3 is 10.4 Å². The number of halogens is 1. The van der Waals surface area contributed by atoms with Gasteiger partial charge in [-0.3, -0.25) is 0 Å². The third-order valence-corrected chi connectivity index (χ3v) is 5.15. The third kappa shape index (κ3) is 5.07. The Morgan fingerprint density at radius 1 is 0.960 bits per heavy atom. The fourth-order valence-corrected chi connectivity index (χ4v) is 3.93. The number of nitrogens with one attached hydrogen (secondary N) is 1. The van der Waals surface area contributed by atoms with Crippen LogP contribution in [0.5, 0.6) is 0 Å². The van der Waals surface area contributed by atoms with Crippen LogP contribution in [-0.2, 0) is 6.42 Å². The summed E-state index contributed by atoms with van der Waals surface area (Å²) in [7, 11) is 0. The molecule has 0 aliphatic heterocycles. The van der Waals surface area contributed by atoms with Crippen molar-refractivity contribution in [2.24, 2.45) is 5.92 Å². The van der Waals surface area contributed by atoms with Gasteiger partial charge in [0.1, 0.15) is 0 Å². The lowest BCUT2D eigenvalue weighted by Gasteiger charge is -2.27. The van der Waals surface area contributed by atoms with E-state index in [9.17, 15) is 5.11 Å². The summed E-state index contributed by atoms with van der Waals surface area (Å²) < 4.78 is 0. The van der Waals surface area contributed by atoms with Crippen molar-refractivity contribution in [2.75, 3.05) is 0 Å². The molecular formula is C22H28ClNO. The SMILES string of the molecule is CC(C)(C)N[C@@H]1C[C@H](Cc2ccc(-c3ccc(Cl)cc3)cc2)C[C@H]1O. The molecule has 0 unspecified atom stereocenters. The van der Waals surface area contributed by atoms with Crippen molar-refractivity contribution >= 4 is 11.6 Å². The summed E-state index contributed by atoms with van der Waals surface area (Å²) in [6.07, 6.45) is 2.71. The first-order valence-corrected chi connectivity index (χ1v) is 9.48. The average molecular weight is 358 g/mol. The lowest BCUT2D eigenvalue weighted by Crippen LogP contribution is -2.47. The molecule has 0 bridgehead atoms. The lowest BCUT2D eigenvalue weighted by molar-refractivity contribution is 0.133. The van der Waals surface area contributed by atoms with E-state index in [0.29, 0.717) is 5.92 Å². The Morgan fingerprint density at radius 3 is 2.08 bits per heavy atom. The standard InChI is InChI=1S/C22H28ClNO/c1-22(2,3)24-20-13-16(14-21(20)25)12-15-4-6-17(7-5-15)18-8-10-19(23)11-9-18/h4-11,16,20-21,24-25H,12-14H2,1-3H3/t16-,20+,21+/m0/s1. The monoisotopic (exact) mass is 357 g/mol. The molecule has 1 aliphatic rings. The predicted molar refractivity (Wildman–Crippen MR) is 106 cm³/mol. The van der Waals surface area contributed by atoms with Gasteiger partial charge in [-0.25, -0.2) is 0 Å². The Morgan fingerprint density at radius 2 is 1.52 bits per heavy atom. The smallest absolute Gasteiger partial charge is 0.0696 e. The minimum Gasteiger partial charge on any atom is -0.391 e. The maximum Gasteiger partial charge on any atom is 0.0696 e. The second kappa shape index (κ2) is 7.49. The van der Waals surface area contributed by atoms with Crippen LogP contribution in [0.25, 0.3) is 11.1 Å². The highest BCUT2D eigenvalue weighted by molar-refractivity contribution is 6.30. The van der Waals surface area contributed by atoms with Crippen LogP contribution in [0.3, 0.4) is 0 Å². The molecule has 0 heterocycles. The summed E-state index contributed by atoms with van der Waals surface area (Å²) in [5.74, 6) is 0.538. The van der Waals surface area contributed by atoms with Crippen LogP contribution in [0.2, 0.25) is 5.02 Å². The van der Waals surface area contributed by atoms with Gasteiger partial charge in [-0.15, -0.1) is 0 Å². The summed E-state index contributed by atoms with van der Waals surface area (Å²) >= 11 is 5.96. The molecule has 0 saturated heterocycles. The molecule has 2 aromatic rings. The summed E-state index contributed by atoms with van der Waals surface area (Å²) in [5, 5.41) is 14.7. The molecule has 2 N–H and O–H groups in total. The maximum atomic E-state index is 10.3. The van der Waals surface area contributed by atoms with Crippen molar-refractivity contribution in [1.82, 2.24) is 5.32 Å². The molecule has 1 aliphatic carbocycles. The van der Waals surface area contributed by atoms with E-state index in [0.717, 1.165) is 24.3 Å². The largest absolute Gasteiger partial charge is 0.391 e. The van der Waals surface area contributed by atoms with E-state index in [1.807, 2.05) is 24.3 Å². The second-order valence-electron chi connectivity index (χ2n) is 8.31. The maximum absolute atomic E-state index is 10.3. The van der Waals surface area contributed by atoms with Gasteiger partial charge in [0.05, 0.1) is 6.10 Å². The van der Waals surface area contributed by atoms with Crippen LogP contribution in [0.1, 0.15) is 39.2 Å². The fraction of sp³-hybridized carbons (Fsp3) is 0.455. The first kappa shape index (κ1) is 18.4. The van der Waals surface area contributed by atoms with Crippen molar-refractivity contribution < 1.29 is 5.11 Å². The first-order valence-electron chi connectivity index (χ1n) is 9.11. The minimum absolute atomic E-state index is 0.0424. The number of hydrogen-bond acceptors (Lipinski definition) is 2. The number of rotatable bonds is 4. The van der Waals surface area contributed by atoms with Gasteiger partial charge in [0, 0.05) is 16.6 Å². The molecule has 2 nitrogen and oxygen atoms in total. The van der Waals surface area contributed by atoms with Crippen LogP contribution >= 0.6 is 11.6 Å². The molecular weight excluding hydrogens is 330 g/mol. The summed E-state index contributed by atoms with van der Waals surface area (Å²) in [5.41, 5.74) is 3.77. The third-order valence-electron chi connectivity index (χ3n) is 4.90. The topological polar surface area (TPSA) is 32.3 Å². The van der Waals surface area contributed by atoms with Gasteiger partial charge in [0.15, 0.2) is 0 Å². The highest BCUT2D eigenvalue weighted by atomic mass is 35.5. The lowest BCUT2D eigenvalue weighted by atomic mass is 9.95. The Kier molecular flexibility index (Phi) is 5.52. The van der Waals surface area contributed by atoms with E-state index in [1.54, 1.807) is 0 Å². The van der Waals surface area contributed by atoms with E-state index < -0.39 is 0 Å². The average Bonchev–Trinajstić information content (AvgIpc) is 2.86. The van der Waals surface area contributed by atoms with Crippen molar-refractivity contribution in [2.45, 2.75) is 57.7 Å². The van der Waals surface area contributed by atoms with Gasteiger partial charge in [-0.05, 0) is 74.8 Å². The second-order valence-corrected chi connectivity index (χ2v) is 8.75. The summed E-state index contributed by atoms with van der Waals surface area (Å²) in [6, 6.07) is 16.9. The molecule has 0 aromatic heterocycles. The molecule has 3 atom stereocenters. The number of aliphatic hydroxyl groups excluding tert-OH is 1. The molecule has 2 aromatic carbocycles. The van der Waals surface area contributed by atoms with Crippen LogP contribution in [0.4, 0.5) is 0 Å². The van der Waals surface area contributed by atoms with Crippen molar-refractivity contribution in [3.63, 3.8) is 0 Å². The van der Waals surface area contributed by atoms with Crippen molar-refractivity contribution in [3.05, 3.63) is 59.1 Å². The molecule has 0 spiro atoms. The van der Waals surface area contributed by atoms with Gasteiger partial charge >= 0.3 is 0 Å². The predicted octanol–water partition coefficient (Wildman–Crippen LogP) is 5.08. The Labute approximate surface area is 156 Å². The Bertz CT molecular complexity index is 687. The summed E-state index contributed by atoms with van der Waals surface area (Å²) in [4.78, 5) is 0. The quantitative estimate of drug-likeness (QED) is 0.800. The normalized spacial score (nSPS) is 23.8. The molecule has 3 rings (SSSR count). The molecule has 0 amide bonds. The van der Waals surface area contributed by atoms with Gasteiger partial charge in [-0.2, -0.15) is 0 Å². The van der Waals surface area contributed by atoms with Gasteiger partial charge in [0.25, 0.3) is 0 Å². The molecule has 0 radical (unpaired) electrons. The molecule has 25 heavy (non-hydrogen) atoms. The van der Waals surface area contributed by atoms with E-state index >= 15 is 0 Å². The van der Waals surface area contributed by atoms with E-state index in [2.05, 4.69) is 50.4 Å². The van der Waals surface area contributed by atoms with Crippen LogP contribution in [0, 0.1) is 5.92 Å². The van der Waals surface area contributed by atoms with Crippen LogP contribution in [-0.4, -0.2) is 22.8 Å². The minimum atomic E-state index is -0.238. The van der Waals surface area contributed by atoms with Gasteiger partial charge in [-0.1, -0.05) is 48.0 Å². The molecule has 3 heteroatoms. The number of benzene rings is 2. The number of aliphatic hydroxyl groups is 1. The number of hydrogen-bond donors (Lipinski definition) is 2. The summed E-state index contributed by atoms with van der Waals surface area (Å²) in [6.45, 7) is 6.47. The highest BCUT2D eigenvalue weighted by Gasteiger charge is 2.34. The molecule has 1 saturated carbocycles. The first-order chi connectivity index (χ1) is 11.8. The van der Waals surface area contributed by atoms with E-state index in [1.165, 1.54) is 16.7 Å². The Balaban J connectivity index is 1.61. The van der Waals surface area contributed by atoms with E-state index in [4.69, 9.17) is 11.6 Å². The molecule has 1 fully saturated rings. The zero-order valence-electron chi connectivity index (χ0n) is 15.3. The van der Waals surface area contributed by atoms with Crippen LogP contribution < -0.4 is 5.32 Å².